The van der Waals surface area contributed by atoms with Crippen molar-refractivity contribution in [3.63, 3.8) is 0 Å². The first-order valence-electron chi connectivity index (χ1n) is 10.8. The molecule has 0 bridgehead atoms. The molecule has 0 saturated carbocycles. The summed E-state index contributed by atoms with van der Waals surface area (Å²) in [6.45, 7) is 9.08. The number of anilines is 1. The van der Waals surface area contributed by atoms with Crippen LogP contribution in [0, 0.1) is 0 Å². The number of hydrogen-bond donors (Lipinski definition) is 2. The number of rotatable bonds is 4. The molecule has 6 heteroatoms. The molecular formula is C24H31N5O. The van der Waals surface area contributed by atoms with Crippen LogP contribution in [0.4, 0.5) is 5.69 Å². The van der Waals surface area contributed by atoms with E-state index < -0.39 is 0 Å². The molecule has 30 heavy (non-hydrogen) atoms. The van der Waals surface area contributed by atoms with Crippen molar-refractivity contribution in [2.24, 2.45) is 4.99 Å². The van der Waals surface area contributed by atoms with Crippen molar-refractivity contribution in [1.29, 1.82) is 0 Å². The average molecular weight is 406 g/mol. The Bertz CT molecular complexity index is 973. The molecule has 1 aromatic heterocycles. The van der Waals surface area contributed by atoms with E-state index in [-0.39, 0.29) is 11.3 Å². The minimum absolute atomic E-state index is 0.0779. The summed E-state index contributed by atoms with van der Waals surface area (Å²) in [6, 6.07) is 8.53. The highest BCUT2D eigenvalue weighted by Crippen LogP contribution is 2.24. The maximum atomic E-state index is 12.7. The third kappa shape index (κ3) is 4.64. The quantitative estimate of drug-likeness (QED) is 0.811. The molecule has 2 aliphatic heterocycles. The summed E-state index contributed by atoms with van der Waals surface area (Å²) in [5, 5.41) is 3.03. The van der Waals surface area contributed by atoms with Crippen molar-refractivity contribution < 1.29 is 4.79 Å². The molecule has 0 spiro atoms. The highest BCUT2D eigenvalue weighted by atomic mass is 16.2. The number of aromatic nitrogens is 2. The van der Waals surface area contributed by atoms with Crippen LogP contribution >= 0.6 is 0 Å². The van der Waals surface area contributed by atoms with Gasteiger partial charge in [0, 0.05) is 42.0 Å². The van der Waals surface area contributed by atoms with Crippen molar-refractivity contribution in [2.45, 2.75) is 51.9 Å². The lowest BCUT2D eigenvalue weighted by Crippen LogP contribution is -2.37. The predicted molar refractivity (Wildman–Crippen MR) is 122 cm³/mol. The van der Waals surface area contributed by atoms with Crippen LogP contribution in [0.2, 0.25) is 0 Å². The van der Waals surface area contributed by atoms with E-state index in [1.165, 1.54) is 24.9 Å². The number of imidazole rings is 1. The fraction of sp³-hybridized carbons (Fsp3) is 0.458. The van der Waals surface area contributed by atoms with Crippen LogP contribution in [0.1, 0.15) is 57.0 Å². The Labute approximate surface area is 178 Å². The molecule has 6 nitrogen and oxygen atoms in total. The summed E-state index contributed by atoms with van der Waals surface area (Å²) in [6.07, 6.45) is 8.02. The Balaban J connectivity index is 1.47. The Kier molecular flexibility index (Phi) is 5.75. The van der Waals surface area contributed by atoms with Crippen LogP contribution in [-0.4, -0.2) is 41.2 Å². The van der Waals surface area contributed by atoms with Gasteiger partial charge in [0.25, 0.3) is 5.91 Å². The number of hydrogen-bond acceptors (Lipinski definition) is 4. The third-order valence-corrected chi connectivity index (χ3v) is 5.68. The summed E-state index contributed by atoms with van der Waals surface area (Å²) in [5.41, 5.74) is 5.59. The minimum atomic E-state index is -0.130. The molecule has 1 fully saturated rings. The first kappa shape index (κ1) is 20.4. The monoisotopic (exact) mass is 405 g/mol. The minimum Gasteiger partial charge on any atom is -0.372 e. The molecule has 4 rings (SSSR count). The first-order chi connectivity index (χ1) is 14.4. The second kappa shape index (κ2) is 8.46. The zero-order valence-corrected chi connectivity index (χ0v) is 18.2. The van der Waals surface area contributed by atoms with Gasteiger partial charge in [-0.05, 0) is 43.0 Å². The molecular weight excluding hydrogens is 374 g/mol. The van der Waals surface area contributed by atoms with E-state index in [1.54, 1.807) is 6.33 Å². The van der Waals surface area contributed by atoms with Crippen molar-refractivity contribution in [3.8, 4) is 0 Å². The van der Waals surface area contributed by atoms with E-state index in [0.717, 1.165) is 35.7 Å². The maximum Gasteiger partial charge on any atom is 0.269 e. The molecule has 1 aromatic carbocycles. The standard InChI is InChI=1S/C24H31N5O/c1-24(2,3)22-20(26-16-27-22)14-21-23(30)28-18(15-25-21)12-17-8-7-9-19(13-17)29-10-5-4-6-11-29/h7-9,12-13,16H,4-6,10-11,14-15H2,1-3H3,(H,26,27)(H,28,30)/b18-12-. The number of benzene rings is 1. The van der Waals surface area contributed by atoms with Crippen LogP contribution in [0.3, 0.4) is 0 Å². The molecule has 3 heterocycles. The topological polar surface area (TPSA) is 73.4 Å². The van der Waals surface area contributed by atoms with Gasteiger partial charge in [-0.3, -0.25) is 9.79 Å². The highest BCUT2D eigenvalue weighted by molar-refractivity contribution is 6.40. The second-order valence-electron chi connectivity index (χ2n) is 9.19. The van der Waals surface area contributed by atoms with Crippen LogP contribution in [0.25, 0.3) is 6.08 Å². The number of amides is 1. The first-order valence-corrected chi connectivity index (χ1v) is 10.8. The van der Waals surface area contributed by atoms with Gasteiger partial charge in [0.05, 0.1) is 18.6 Å². The van der Waals surface area contributed by atoms with E-state index in [1.807, 2.05) is 6.08 Å². The molecule has 2 N–H and O–H groups in total. The zero-order valence-electron chi connectivity index (χ0n) is 18.2. The second-order valence-corrected chi connectivity index (χ2v) is 9.19. The Morgan fingerprint density at radius 3 is 2.70 bits per heavy atom. The molecule has 1 saturated heterocycles. The van der Waals surface area contributed by atoms with Gasteiger partial charge in [-0.25, -0.2) is 4.98 Å². The van der Waals surface area contributed by atoms with Crippen molar-refractivity contribution in [2.75, 3.05) is 24.5 Å². The molecule has 1 amide bonds. The lowest BCUT2D eigenvalue weighted by atomic mass is 9.89. The van der Waals surface area contributed by atoms with E-state index in [9.17, 15) is 4.79 Å². The van der Waals surface area contributed by atoms with Crippen LogP contribution < -0.4 is 10.2 Å². The number of H-pyrrole nitrogens is 1. The SMILES string of the molecule is CC(C)(C)c1nc[nH]c1CC1=NC/C(=C/c2cccc(N3CCCCC3)c2)NC1=O. The van der Waals surface area contributed by atoms with E-state index >= 15 is 0 Å². The number of aliphatic imine (C=N–C) groups is 1. The van der Waals surface area contributed by atoms with Crippen LogP contribution in [-0.2, 0) is 16.6 Å². The van der Waals surface area contributed by atoms with Crippen LogP contribution in [0.15, 0.2) is 41.3 Å². The smallest absolute Gasteiger partial charge is 0.269 e. The number of carbonyl (C=O) groups is 1. The lowest BCUT2D eigenvalue weighted by Gasteiger charge is -2.29. The fourth-order valence-corrected chi connectivity index (χ4v) is 4.16. The Hall–Kier alpha value is -2.89. The van der Waals surface area contributed by atoms with Gasteiger partial charge >= 0.3 is 0 Å². The molecule has 2 aliphatic rings. The maximum absolute atomic E-state index is 12.7. The van der Waals surface area contributed by atoms with Crippen LogP contribution in [0.5, 0.6) is 0 Å². The van der Waals surface area contributed by atoms with Gasteiger partial charge in [-0.1, -0.05) is 32.9 Å². The Morgan fingerprint density at radius 2 is 1.97 bits per heavy atom. The van der Waals surface area contributed by atoms with E-state index in [0.29, 0.717) is 18.7 Å². The van der Waals surface area contributed by atoms with Gasteiger partial charge in [0.1, 0.15) is 5.71 Å². The lowest BCUT2D eigenvalue weighted by molar-refractivity contribution is -0.114. The summed E-state index contributed by atoms with van der Waals surface area (Å²) >= 11 is 0. The molecule has 0 atom stereocenters. The number of piperidine rings is 1. The number of carbonyl (C=O) groups excluding carboxylic acids is 1. The molecule has 158 valence electrons. The molecule has 0 radical (unpaired) electrons. The largest absolute Gasteiger partial charge is 0.372 e. The average Bonchev–Trinajstić information content (AvgIpc) is 3.20. The number of aromatic amines is 1. The molecule has 2 aromatic rings. The summed E-state index contributed by atoms with van der Waals surface area (Å²) in [7, 11) is 0. The summed E-state index contributed by atoms with van der Waals surface area (Å²) in [5.74, 6) is -0.130. The van der Waals surface area contributed by atoms with E-state index in [2.05, 4.69) is 70.2 Å². The predicted octanol–water partition coefficient (Wildman–Crippen LogP) is 3.85. The third-order valence-electron chi connectivity index (χ3n) is 5.68. The van der Waals surface area contributed by atoms with Gasteiger partial charge in [0.15, 0.2) is 0 Å². The van der Waals surface area contributed by atoms with E-state index in [4.69, 9.17) is 0 Å². The van der Waals surface area contributed by atoms with Gasteiger partial charge in [0.2, 0.25) is 0 Å². The van der Waals surface area contributed by atoms with Gasteiger partial charge in [-0.15, -0.1) is 0 Å². The number of nitrogens with zero attached hydrogens (tertiary/aromatic N) is 3. The molecule has 0 unspecified atom stereocenters. The zero-order chi connectivity index (χ0) is 21.1. The normalized spacial score (nSPS) is 19.0. The summed E-state index contributed by atoms with van der Waals surface area (Å²) in [4.78, 5) is 27.3. The van der Waals surface area contributed by atoms with Crippen molar-refractivity contribution >= 4 is 23.4 Å². The summed E-state index contributed by atoms with van der Waals surface area (Å²) < 4.78 is 0. The van der Waals surface area contributed by atoms with Gasteiger partial charge < -0.3 is 15.2 Å². The van der Waals surface area contributed by atoms with Crippen molar-refractivity contribution in [1.82, 2.24) is 15.3 Å². The Morgan fingerprint density at radius 1 is 1.17 bits per heavy atom. The fourth-order valence-electron chi connectivity index (χ4n) is 4.16. The van der Waals surface area contributed by atoms with Gasteiger partial charge in [-0.2, -0.15) is 0 Å². The number of nitrogens with one attached hydrogen (secondary N) is 2. The molecule has 0 aliphatic carbocycles. The highest BCUT2D eigenvalue weighted by Gasteiger charge is 2.25. The van der Waals surface area contributed by atoms with Crippen molar-refractivity contribution in [3.05, 3.63) is 53.2 Å².